The number of carbonyl (C=O) groups is 2. The third-order valence-electron chi connectivity index (χ3n) is 7.64. The highest BCUT2D eigenvalue weighted by molar-refractivity contribution is 6.46. The van der Waals surface area contributed by atoms with E-state index in [1.807, 2.05) is 30.3 Å². The highest BCUT2D eigenvalue weighted by Gasteiger charge is 2.46. The molecule has 0 aromatic heterocycles. The number of hydrogen-bond donors (Lipinski definition) is 1. The number of nitro groups is 1. The van der Waals surface area contributed by atoms with E-state index in [2.05, 4.69) is 4.90 Å². The number of morpholine rings is 1. The smallest absolute Gasteiger partial charge is 0.295 e. The molecule has 3 aromatic carbocycles. The number of non-ortho nitro benzene ring substituents is 1. The van der Waals surface area contributed by atoms with Crippen LogP contribution in [0.4, 0.5) is 5.69 Å². The maximum atomic E-state index is 13.4. The van der Waals surface area contributed by atoms with Crippen LogP contribution in [0.1, 0.15) is 34.7 Å². The summed E-state index contributed by atoms with van der Waals surface area (Å²) in [5.41, 5.74) is 2.44. The second kappa shape index (κ2) is 13.0. The van der Waals surface area contributed by atoms with E-state index in [-0.39, 0.29) is 23.6 Å². The fraction of sp³-hybridized carbons (Fsp3) is 0.312. The zero-order chi connectivity index (χ0) is 29.6. The van der Waals surface area contributed by atoms with Gasteiger partial charge in [-0.3, -0.25) is 24.6 Å². The molecule has 218 valence electrons. The first-order chi connectivity index (χ1) is 20.3. The van der Waals surface area contributed by atoms with E-state index in [1.54, 1.807) is 25.1 Å². The van der Waals surface area contributed by atoms with Crippen molar-refractivity contribution in [3.63, 3.8) is 0 Å². The molecule has 0 spiro atoms. The number of ether oxygens (including phenoxy) is 2. The second-order valence-electron chi connectivity index (χ2n) is 10.4. The molecule has 1 amide bonds. The van der Waals surface area contributed by atoms with Crippen molar-refractivity contribution in [2.45, 2.75) is 26.0 Å². The number of benzene rings is 3. The first-order valence-corrected chi connectivity index (χ1v) is 13.9. The monoisotopic (exact) mass is 571 g/mol. The Morgan fingerprint density at radius 2 is 1.74 bits per heavy atom. The number of carbonyl (C=O) groups excluding carboxylic acids is 2. The quantitative estimate of drug-likeness (QED) is 0.123. The molecule has 0 radical (unpaired) electrons. The minimum absolute atomic E-state index is 0.0405. The van der Waals surface area contributed by atoms with Crippen LogP contribution in [-0.2, 0) is 20.9 Å². The summed E-state index contributed by atoms with van der Waals surface area (Å²) in [4.78, 5) is 41.2. The van der Waals surface area contributed by atoms with E-state index in [0.29, 0.717) is 48.7 Å². The predicted octanol–water partition coefficient (Wildman–Crippen LogP) is 4.63. The van der Waals surface area contributed by atoms with E-state index >= 15 is 0 Å². The standard InChI is InChI=1S/C32H33N3O7/c1-22-20-26(42-21-23-6-3-2-4-7-23)12-13-27(22)30(36)28-29(24-8-10-25(11-9-24)35(39)40)34(32(38)31(28)37)15-5-14-33-16-18-41-19-17-33/h2-4,6-13,20,29,36H,5,14-19,21H2,1H3. The number of nitrogens with zero attached hydrogens (tertiary/aromatic N) is 3. The Bertz CT molecular complexity index is 1480. The van der Waals surface area contributed by atoms with Gasteiger partial charge in [0.15, 0.2) is 0 Å². The molecule has 10 nitrogen and oxygen atoms in total. The van der Waals surface area contributed by atoms with Crippen molar-refractivity contribution in [3.8, 4) is 5.75 Å². The number of amides is 1. The number of likely N-dealkylation sites (tertiary alicyclic amines) is 1. The van der Waals surface area contributed by atoms with Crippen LogP contribution >= 0.6 is 0 Å². The van der Waals surface area contributed by atoms with Gasteiger partial charge in [-0.25, -0.2) is 0 Å². The summed E-state index contributed by atoms with van der Waals surface area (Å²) in [6.45, 7) is 6.09. The lowest BCUT2D eigenvalue weighted by Crippen LogP contribution is -2.38. The number of aliphatic hydroxyl groups is 1. The van der Waals surface area contributed by atoms with E-state index in [0.717, 1.165) is 25.2 Å². The van der Waals surface area contributed by atoms with Crippen LogP contribution < -0.4 is 4.74 Å². The van der Waals surface area contributed by atoms with Crippen molar-refractivity contribution >= 4 is 23.1 Å². The topological polar surface area (TPSA) is 122 Å². The molecular weight excluding hydrogens is 538 g/mol. The van der Waals surface area contributed by atoms with Gasteiger partial charge in [-0.05, 0) is 60.4 Å². The van der Waals surface area contributed by atoms with Crippen LogP contribution in [0.3, 0.4) is 0 Å². The Balaban J connectivity index is 1.44. The lowest BCUT2D eigenvalue weighted by Gasteiger charge is -2.29. The number of Topliss-reactive ketones (excluding diaryl/α,β-unsaturated/α-hetero) is 1. The van der Waals surface area contributed by atoms with Crippen molar-refractivity contribution in [3.05, 3.63) is 111 Å². The van der Waals surface area contributed by atoms with Gasteiger partial charge in [-0.15, -0.1) is 0 Å². The molecule has 0 saturated carbocycles. The van der Waals surface area contributed by atoms with Crippen molar-refractivity contribution < 1.29 is 29.1 Å². The third kappa shape index (κ3) is 6.35. The Morgan fingerprint density at radius 3 is 2.40 bits per heavy atom. The van der Waals surface area contributed by atoms with Crippen molar-refractivity contribution in [1.29, 1.82) is 0 Å². The van der Waals surface area contributed by atoms with Gasteiger partial charge in [0.1, 0.15) is 18.1 Å². The zero-order valence-electron chi connectivity index (χ0n) is 23.4. The van der Waals surface area contributed by atoms with Crippen molar-refractivity contribution in [1.82, 2.24) is 9.80 Å². The van der Waals surface area contributed by atoms with Gasteiger partial charge in [0.2, 0.25) is 0 Å². The maximum absolute atomic E-state index is 13.4. The molecule has 1 unspecified atom stereocenters. The van der Waals surface area contributed by atoms with Gasteiger partial charge in [-0.2, -0.15) is 0 Å². The molecule has 1 atom stereocenters. The summed E-state index contributed by atoms with van der Waals surface area (Å²) in [6.07, 6.45) is 0.614. The van der Waals surface area contributed by atoms with E-state index in [1.165, 1.54) is 29.2 Å². The molecule has 10 heteroatoms. The van der Waals surface area contributed by atoms with E-state index in [9.17, 15) is 24.8 Å². The summed E-state index contributed by atoms with van der Waals surface area (Å²) in [6, 6.07) is 19.7. The molecule has 0 aliphatic carbocycles. The molecule has 3 aromatic rings. The molecule has 1 N–H and O–H groups in total. The Morgan fingerprint density at radius 1 is 1.02 bits per heavy atom. The Hall–Kier alpha value is -4.54. The number of aryl methyl sites for hydroxylation is 1. The zero-order valence-corrected chi connectivity index (χ0v) is 23.4. The van der Waals surface area contributed by atoms with Crippen LogP contribution in [0.5, 0.6) is 5.75 Å². The molecule has 5 rings (SSSR count). The average Bonchev–Trinajstić information content (AvgIpc) is 3.26. The Labute approximate surface area is 243 Å². The van der Waals surface area contributed by atoms with Crippen LogP contribution in [0.2, 0.25) is 0 Å². The highest BCUT2D eigenvalue weighted by Crippen LogP contribution is 2.40. The van der Waals surface area contributed by atoms with Crippen molar-refractivity contribution in [2.24, 2.45) is 0 Å². The SMILES string of the molecule is Cc1cc(OCc2ccccc2)ccc1C(O)=C1C(=O)C(=O)N(CCCN2CCOCC2)C1c1ccc([N+](=O)[O-])cc1. The molecule has 2 fully saturated rings. The van der Waals surface area contributed by atoms with Gasteiger partial charge in [-0.1, -0.05) is 30.3 Å². The molecule has 2 heterocycles. The van der Waals surface area contributed by atoms with Gasteiger partial charge in [0.25, 0.3) is 17.4 Å². The summed E-state index contributed by atoms with van der Waals surface area (Å²) in [7, 11) is 0. The minimum Gasteiger partial charge on any atom is -0.507 e. The number of aliphatic hydroxyl groups excluding tert-OH is 1. The van der Waals surface area contributed by atoms with Crippen molar-refractivity contribution in [2.75, 3.05) is 39.4 Å². The summed E-state index contributed by atoms with van der Waals surface area (Å²) < 4.78 is 11.3. The van der Waals surface area contributed by atoms with Gasteiger partial charge in [0, 0.05) is 43.9 Å². The average molecular weight is 572 g/mol. The summed E-state index contributed by atoms with van der Waals surface area (Å²) in [5.74, 6) is -1.18. The lowest BCUT2D eigenvalue weighted by molar-refractivity contribution is -0.384. The number of nitro benzene ring substituents is 1. The third-order valence-corrected chi connectivity index (χ3v) is 7.64. The molecule has 2 aliphatic heterocycles. The van der Waals surface area contributed by atoms with Gasteiger partial charge in [0.05, 0.1) is 29.8 Å². The largest absolute Gasteiger partial charge is 0.507 e. The first kappa shape index (κ1) is 29.0. The fourth-order valence-corrected chi connectivity index (χ4v) is 5.40. The normalized spacial score (nSPS) is 18.8. The van der Waals surface area contributed by atoms with Crippen LogP contribution in [-0.4, -0.2) is 70.9 Å². The van der Waals surface area contributed by atoms with E-state index in [4.69, 9.17) is 9.47 Å². The maximum Gasteiger partial charge on any atom is 0.295 e. The molecule has 0 bridgehead atoms. The van der Waals surface area contributed by atoms with Gasteiger partial charge < -0.3 is 19.5 Å². The van der Waals surface area contributed by atoms with Crippen LogP contribution in [0.25, 0.3) is 5.76 Å². The van der Waals surface area contributed by atoms with Crippen LogP contribution in [0.15, 0.2) is 78.4 Å². The van der Waals surface area contributed by atoms with E-state index < -0.39 is 22.7 Å². The highest BCUT2D eigenvalue weighted by atomic mass is 16.6. The fourth-order valence-electron chi connectivity index (χ4n) is 5.40. The summed E-state index contributed by atoms with van der Waals surface area (Å²) in [5, 5.41) is 22.8. The first-order valence-electron chi connectivity index (χ1n) is 13.9. The minimum atomic E-state index is -0.885. The number of rotatable bonds is 10. The molecule has 42 heavy (non-hydrogen) atoms. The molecule has 2 aliphatic rings. The number of ketones is 1. The Kier molecular flexibility index (Phi) is 8.94. The molecular formula is C32H33N3O7. The number of hydrogen-bond acceptors (Lipinski definition) is 8. The van der Waals surface area contributed by atoms with Crippen LogP contribution in [0, 0.1) is 17.0 Å². The summed E-state index contributed by atoms with van der Waals surface area (Å²) >= 11 is 0. The lowest BCUT2D eigenvalue weighted by atomic mass is 9.93. The molecule has 2 saturated heterocycles. The predicted molar refractivity (Wildman–Crippen MR) is 156 cm³/mol. The van der Waals surface area contributed by atoms with Gasteiger partial charge >= 0.3 is 0 Å². The second-order valence-corrected chi connectivity index (χ2v) is 10.4.